The van der Waals surface area contributed by atoms with Gasteiger partial charge in [-0.1, -0.05) is 0 Å². The van der Waals surface area contributed by atoms with Gasteiger partial charge >= 0.3 is 0 Å². The molecule has 0 atom stereocenters. The minimum absolute atomic E-state index is 0.0667. The van der Waals surface area contributed by atoms with Gasteiger partial charge in [-0.15, -0.1) is 0 Å². The average molecular weight is 273 g/mol. The highest BCUT2D eigenvalue weighted by atomic mass is 16.5. The molecule has 2 rings (SSSR count). The lowest BCUT2D eigenvalue weighted by atomic mass is 10.2. The second-order valence-electron chi connectivity index (χ2n) is 4.55. The number of nitrogens with zero attached hydrogens (tertiary/aromatic N) is 3. The molecule has 1 aliphatic rings. The van der Waals surface area contributed by atoms with Gasteiger partial charge in [-0.3, -0.25) is 9.59 Å². The molecule has 2 amide bonds. The van der Waals surface area contributed by atoms with Crippen molar-refractivity contribution in [3.63, 3.8) is 0 Å². The van der Waals surface area contributed by atoms with Crippen LogP contribution in [0.25, 0.3) is 0 Å². The van der Waals surface area contributed by atoms with Crippen LogP contribution in [-0.4, -0.2) is 54.9 Å². The fourth-order valence-corrected chi connectivity index (χ4v) is 1.87. The van der Waals surface area contributed by atoms with Crippen LogP contribution in [-0.2, 0) is 9.59 Å². The number of nitriles is 1. The summed E-state index contributed by atoms with van der Waals surface area (Å²) in [6.07, 6.45) is 0. The van der Waals surface area contributed by atoms with Gasteiger partial charge in [0.05, 0.1) is 31.3 Å². The van der Waals surface area contributed by atoms with Gasteiger partial charge in [0.2, 0.25) is 11.8 Å². The Kier molecular flexibility index (Phi) is 4.20. The summed E-state index contributed by atoms with van der Waals surface area (Å²) in [5.74, 6) is 0.496. The molecule has 20 heavy (non-hydrogen) atoms. The molecular formula is C14H15N3O3. The van der Waals surface area contributed by atoms with Crippen molar-refractivity contribution in [3.05, 3.63) is 29.8 Å². The van der Waals surface area contributed by atoms with Crippen LogP contribution in [0.4, 0.5) is 0 Å². The number of benzene rings is 1. The highest BCUT2D eigenvalue weighted by Gasteiger charge is 2.26. The predicted octanol–water partition coefficient (Wildman–Crippen LogP) is 0.238. The Bertz CT molecular complexity index is 548. The number of piperazine rings is 1. The summed E-state index contributed by atoms with van der Waals surface area (Å²) in [6, 6.07) is 8.77. The fourth-order valence-electron chi connectivity index (χ4n) is 1.87. The predicted molar refractivity (Wildman–Crippen MR) is 70.9 cm³/mol. The molecule has 0 radical (unpaired) electrons. The minimum Gasteiger partial charge on any atom is -0.492 e. The Morgan fingerprint density at radius 1 is 1.20 bits per heavy atom. The fraction of sp³-hybridized carbons (Fsp3) is 0.357. The molecule has 104 valence electrons. The van der Waals surface area contributed by atoms with E-state index in [0.29, 0.717) is 24.5 Å². The summed E-state index contributed by atoms with van der Waals surface area (Å²) in [7, 11) is 1.62. The van der Waals surface area contributed by atoms with E-state index >= 15 is 0 Å². The molecule has 0 unspecified atom stereocenters. The van der Waals surface area contributed by atoms with Gasteiger partial charge in [-0.25, -0.2) is 0 Å². The first-order valence-corrected chi connectivity index (χ1v) is 6.25. The maximum Gasteiger partial charge on any atom is 0.242 e. The molecular weight excluding hydrogens is 258 g/mol. The Balaban J connectivity index is 1.82. The van der Waals surface area contributed by atoms with E-state index in [1.807, 2.05) is 6.07 Å². The zero-order chi connectivity index (χ0) is 14.5. The van der Waals surface area contributed by atoms with Gasteiger partial charge in [-0.2, -0.15) is 5.26 Å². The van der Waals surface area contributed by atoms with Gasteiger partial charge in [-0.05, 0) is 24.3 Å². The second-order valence-corrected chi connectivity index (χ2v) is 4.55. The van der Waals surface area contributed by atoms with Crippen molar-refractivity contribution in [3.8, 4) is 11.8 Å². The second kappa shape index (κ2) is 6.06. The van der Waals surface area contributed by atoms with E-state index in [0.717, 1.165) is 0 Å². The first-order chi connectivity index (χ1) is 9.60. The maximum atomic E-state index is 11.7. The molecule has 0 bridgehead atoms. The zero-order valence-electron chi connectivity index (χ0n) is 11.2. The standard InChI is InChI=1S/C14H15N3O3/c1-16-9-14(19)17(10-13(16)18)6-7-20-12-4-2-11(8-15)3-5-12/h2-5H,6-7,9-10H2,1H3. The number of rotatable bonds is 4. The SMILES string of the molecule is CN1CC(=O)N(CCOc2ccc(C#N)cc2)CC1=O. The molecule has 1 saturated heterocycles. The molecule has 1 aromatic carbocycles. The first-order valence-electron chi connectivity index (χ1n) is 6.25. The van der Waals surface area contributed by atoms with Crippen LogP contribution in [0.2, 0.25) is 0 Å². The van der Waals surface area contributed by atoms with Gasteiger partial charge in [0.15, 0.2) is 0 Å². The van der Waals surface area contributed by atoms with Crippen molar-refractivity contribution in [2.24, 2.45) is 0 Å². The summed E-state index contributed by atoms with van der Waals surface area (Å²) >= 11 is 0. The van der Waals surface area contributed by atoms with Crippen molar-refractivity contribution >= 4 is 11.8 Å². The van der Waals surface area contributed by atoms with Gasteiger partial charge in [0, 0.05) is 7.05 Å². The molecule has 0 aromatic heterocycles. The Labute approximate surface area is 117 Å². The Hall–Kier alpha value is -2.55. The van der Waals surface area contributed by atoms with Crippen molar-refractivity contribution < 1.29 is 14.3 Å². The summed E-state index contributed by atoms with van der Waals surface area (Å²) < 4.78 is 5.49. The smallest absolute Gasteiger partial charge is 0.242 e. The number of carbonyl (C=O) groups excluding carboxylic acids is 2. The first kappa shape index (κ1) is 13.9. The highest BCUT2D eigenvalue weighted by Crippen LogP contribution is 2.11. The lowest BCUT2D eigenvalue weighted by Gasteiger charge is -2.31. The molecule has 6 heteroatoms. The summed E-state index contributed by atoms with van der Waals surface area (Å²) in [5, 5.41) is 8.68. The van der Waals surface area contributed by atoms with E-state index in [9.17, 15) is 9.59 Å². The highest BCUT2D eigenvalue weighted by molar-refractivity contribution is 5.92. The van der Waals surface area contributed by atoms with E-state index in [-0.39, 0.29) is 24.9 Å². The van der Waals surface area contributed by atoms with Gasteiger partial charge in [0.25, 0.3) is 0 Å². The van der Waals surface area contributed by atoms with Crippen molar-refractivity contribution in [2.45, 2.75) is 0 Å². The summed E-state index contributed by atoms with van der Waals surface area (Å²) in [4.78, 5) is 26.1. The number of amides is 2. The van der Waals surface area contributed by atoms with Crippen LogP contribution in [0.1, 0.15) is 5.56 Å². The zero-order valence-corrected chi connectivity index (χ0v) is 11.2. The van der Waals surface area contributed by atoms with Crippen molar-refractivity contribution in [1.82, 2.24) is 9.80 Å². The normalized spacial score (nSPS) is 15.2. The molecule has 0 aliphatic carbocycles. The third-order valence-electron chi connectivity index (χ3n) is 3.09. The topological polar surface area (TPSA) is 73.6 Å². The molecule has 0 N–H and O–H groups in total. The van der Waals surface area contributed by atoms with Crippen LogP contribution >= 0.6 is 0 Å². The number of hydrogen-bond acceptors (Lipinski definition) is 4. The van der Waals surface area contributed by atoms with Crippen molar-refractivity contribution in [1.29, 1.82) is 5.26 Å². The van der Waals surface area contributed by atoms with Gasteiger partial charge < -0.3 is 14.5 Å². The third kappa shape index (κ3) is 3.26. The Morgan fingerprint density at radius 2 is 1.90 bits per heavy atom. The monoisotopic (exact) mass is 273 g/mol. The number of ether oxygens (including phenoxy) is 1. The number of likely N-dealkylation sites (N-methyl/N-ethyl adjacent to an activating group) is 1. The van der Waals surface area contributed by atoms with E-state index in [1.165, 1.54) is 9.80 Å². The average Bonchev–Trinajstić information content (AvgIpc) is 2.45. The minimum atomic E-state index is -0.0736. The van der Waals surface area contributed by atoms with E-state index < -0.39 is 0 Å². The van der Waals surface area contributed by atoms with Crippen LogP contribution in [0.15, 0.2) is 24.3 Å². The van der Waals surface area contributed by atoms with E-state index in [4.69, 9.17) is 10.00 Å². The molecule has 1 aromatic rings. The largest absolute Gasteiger partial charge is 0.492 e. The third-order valence-corrected chi connectivity index (χ3v) is 3.09. The quantitative estimate of drug-likeness (QED) is 0.787. The van der Waals surface area contributed by atoms with Crippen LogP contribution in [0.3, 0.4) is 0 Å². The van der Waals surface area contributed by atoms with Gasteiger partial charge in [0.1, 0.15) is 12.4 Å². The molecule has 1 heterocycles. The maximum absolute atomic E-state index is 11.7. The Morgan fingerprint density at radius 3 is 2.55 bits per heavy atom. The summed E-state index contributed by atoms with van der Waals surface area (Å²) in [6.45, 7) is 0.912. The molecule has 0 spiro atoms. The van der Waals surface area contributed by atoms with E-state index in [1.54, 1.807) is 31.3 Å². The lowest BCUT2D eigenvalue weighted by Crippen LogP contribution is -2.53. The van der Waals surface area contributed by atoms with E-state index in [2.05, 4.69) is 0 Å². The number of carbonyl (C=O) groups is 2. The van der Waals surface area contributed by atoms with Crippen LogP contribution < -0.4 is 4.74 Å². The molecule has 1 fully saturated rings. The van der Waals surface area contributed by atoms with Crippen molar-refractivity contribution in [2.75, 3.05) is 33.3 Å². The molecule has 1 aliphatic heterocycles. The van der Waals surface area contributed by atoms with Crippen LogP contribution in [0.5, 0.6) is 5.75 Å². The number of hydrogen-bond donors (Lipinski definition) is 0. The lowest BCUT2D eigenvalue weighted by molar-refractivity contribution is -0.149. The van der Waals surface area contributed by atoms with Crippen LogP contribution in [0, 0.1) is 11.3 Å². The molecule has 6 nitrogen and oxygen atoms in total. The molecule has 0 saturated carbocycles. The summed E-state index contributed by atoms with van der Waals surface area (Å²) in [5.41, 5.74) is 0.567.